The van der Waals surface area contributed by atoms with E-state index in [4.69, 9.17) is 4.74 Å². The average molecular weight is 270 g/mol. The normalized spacial score (nSPS) is 22.7. The Kier molecular flexibility index (Phi) is 3.77. The molecule has 0 aliphatic heterocycles. The fourth-order valence-corrected chi connectivity index (χ4v) is 3.00. The van der Waals surface area contributed by atoms with E-state index in [2.05, 4.69) is 29.4 Å². The summed E-state index contributed by atoms with van der Waals surface area (Å²) in [4.78, 5) is 4.52. The molecule has 20 heavy (non-hydrogen) atoms. The molecule has 1 heterocycles. The maximum absolute atomic E-state index is 5.28. The number of aromatic nitrogens is 1. The van der Waals surface area contributed by atoms with Gasteiger partial charge in [-0.15, -0.1) is 0 Å². The minimum Gasteiger partial charge on any atom is -0.497 e. The molecule has 1 saturated carbocycles. The van der Waals surface area contributed by atoms with Crippen molar-refractivity contribution in [3.05, 3.63) is 30.5 Å². The second-order valence-electron chi connectivity index (χ2n) is 5.85. The molecular weight excluding hydrogens is 248 g/mol. The molecule has 106 valence electrons. The first kappa shape index (κ1) is 13.2. The molecular formula is C17H22N2O. The van der Waals surface area contributed by atoms with Crippen LogP contribution in [-0.2, 0) is 0 Å². The minimum atomic E-state index is 0.561. The lowest BCUT2D eigenvalue weighted by molar-refractivity contribution is 0.361. The van der Waals surface area contributed by atoms with E-state index in [1.807, 2.05) is 18.3 Å². The van der Waals surface area contributed by atoms with Crippen LogP contribution in [0.1, 0.15) is 32.6 Å². The van der Waals surface area contributed by atoms with Crippen LogP contribution in [-0.4, -0.2) is 18.1 Å². The molecule has 1 aromatic heterocycles. The van der Waals surface area contributed by atoms with E-state index >= 15 is 0 Å². The van der Waals surface area contributed by atoms with Gasteiger partial charge in [-0.25, -0.2) is 4.98 Å². The Bertz CT molecular complexity index is 589. The van der Waals surface area contributed by atoms with Gasteiger partial charge in [0.2, 0.25) is 0 Å². The molecule has 0 atom stereocenters. The van der Waals surface area contributed by atoms with E-state index in [1.165, 1.54) is 36.5 Å². The van der Waals surface area contributed by atoms with Gasteiger partial charge in [0.25, 0.3) is 0 Å². The summed E-state index contributed by atoms with van der Waals surface area (Å²) in [5.41, 5.74) is 0. The van der Waals surface area contributed by atoms with Crippen LogP contribution in [0, 0.1) is 5.92 Å². The third-order valence-corrected chi connectivity index (χ3v) is 4.33. The Labute approximate surface area is 120 Å². The summed E-state index contributed by atoms with van der Waals surface area (Å²) in [5.74, 6) is 2.77. The standard InChI is InChI=1S/C17H22N2O/c1-12-3-5-14(6-4-12)19-17-16-8-7-15(20-2)11-13(16)9-10-18-17/h7-12,14H,3-6H2,1-2H3,(H,18,19). The van der Waals surface area contributed by atoms with E-state index in [0.29, 0.717) is 6.04 Å². The van der Waals surface area contributed by atoms with Crippen LogP contribution in [0.15, 0.2) is 30.5 Å². The summed E-state index contributed by atoms with van der Waals surface area (Å²) in [5, 5.41) is 5.98. The molecule has 0 amide bonds. The average Bonchev–Trinajstić information content (AvgIpc) is 2.49. The van der Waals surface area contributed by atoms with Gasteiger partial charge in [0.05, 0.1) is 7.11 Å². The van der Waals surface area contributed by atoms with Gasteiger partial charge in [0.15, 0.2) is 0 Å². The molecule has 0 bridgehead atoms. The lowest BCUT2D eigenvalue weighted by atomic mass is 9.87. The number of nitrogens with zero attached hydrogens (tertiary/aromatic N) is 1. The Morgan fingerprint density at radius 1 is 1.15 bits per heavy atom. The molecule has 3 nitrogen and oxygen atoms in total. The first-order valence-electron chi connectivity index (χ1n) is 7.45. The Morgan fingerprint density at radius 3 is 2.70 bits per heavy atom. The van der Waals surface area contributed by atoms with Crippen LogP contribution >= 0.6 is 0 Å². The number of pyridine rings is 1. The first-order chi connectivity index (χ1) is 9.76. The highest BCUT2D eigenvalue weighted by Crippen LogP contribution is 2.29. The van der Waals surface area contributed by atoms with Gasteiger partial charge in [-0.1, -0.05) is 6.92 Å². The molecule has 0 unspecified atom stereocenters. The Balaban J connectivity index is 1.84. The Hall–Kier alpha value is -1.77. The lowest BCUT2D eigenvalue weighted by Crippen LogP contribution is -2.25. The zero-order valence-corrected chi connectivity index (χ0v) is 12.2. The van der Waals surface area contributed by atoms with Crippen molar-refractivity contribution in [3.8, 4) is 5.75 Å². The highest BCUT2D eigenvalue weighted by Gasteiger charge is 2.18. The summed E-state index contributed by atoms with van der Waals surface area (Å²) in [7, 11) is 1.70. The third-order valence-electron chi connectivity index (χ3n) is 4.33. The topological polar surface area (TPSA) is 34.1 Å². The van der Waals surface area contributed by atoms with Crippen LogP contribution in [0.4, 0.5) is 5.82 Å². The smallest absolute Gasteiger partial charge is 0.134 e. The van der Waals surface area contributed by atoms with E-state index in [-0.39, 0.29) is 0 Å². The maximum atomic E-state index is 5.28. The maximum Gasteiger partial charge on any atom is 0.134 e. The van der Waals surface area contributed by atoms with Gasteiger partial charge < -0.3 is 10.1 Å². The highest BCUT2D eigenvalue weighted by atomic mass is 16.5. The quantitative estimate of drug-likeness (QED) is 0.906. The van der Waals surface area contributed by atoms with Crippen molar-refractivity contribution in [2.75, 3.05) is 12.4 Å². The summed E-state index contributed by atoms with van der Waals surface area (Å²) >= 11 is 0. The minimum absolute atomic E-state index is 0.561. The molecule has 2 aromatic rings. The number of ether oxygens (including phenoxy) is 1. The number of benzene rings is 1. The summed E-state index contributed by atoms with van der Waals surface area (Å²) in [6.45, 7) is 2.35. The van der Waals surface area contributed by atoms with Crippen molar-refractivity contribution in [3.63, 3.8) is 0 Å². The van der Waals surface area contributed by atoms with Crippen molar-refractivity contribution in [1.82, 2.24) is 4.98 Å². The van der Waals surface area contributed by atoms with E-state index < -0.39 is 0 Å². The van der Waals surface area contributed by atoms with Crippen molar-refractivity contribution in [1.29, 1.82) is 0 Å². The van der Waals surface area contributed by atoms with Gasteiger partial charge in [0.1, 0.15) is 11.6 Å². The second-order valence-corrected chi connectivity index (χ2v) is 5.85. The van der Waals surface area contributed by atoms with Crippen molar-refractivity contribution in [2.24, 2.45) is 5.92 Å². The number of hydrogen-bond acceptors (Lipinski definition) is 3. The van der Waals surface area contributed by atoms with Crippen molar-refractivity contribution in [2.45, 2.75) is 38.6 Å². The van der Waals surface area contributed by atoms with Gasteiger partial charge >= 0.3 is 0 Å². The molecule has 1 aliphatic carbocycles. The van der Waals surface area contributed by atoms with Gasteiger partial charge in [-0.3, -0.25) is 0 Å². The monoisotopic (exact) mass is 270 g/mol. The second kappa shape index (κ2) is 5.70. The third kappa shape index (κ3) is 2.72. The summed E-state index contributed by atoms with van der Waals surface area (Å²) < 4.78 is 5.28. The SMILES string of the molecule is COc1ccc2c(NC3CCC(C)CC3)nccc2c1. The van der Waals surface area contributed by atoms with E-state index in [1.54, 1.807) is 7.11 Å². The van der Waals surface area contributed by atoms with Crippen molar-refractivity contribution < 1.29 is 4.74 Å². The highest BCUT2D eigenvalue weighted by molar-refractivity contribution is 5.92. The number of anilines is 1. The first-order valence-corrected chi connectivity index (χ1v) is 7.45. The molecule has 0 spiro atoms. The molecule has 3 heteroatoms. The van der Waals surface area contributed by atoms with Crippen LogP contribution in [0.2, 0.25) is 0 Å². The molecule has 1 aliphatic rings. The number of rotatable bonds is 3. The lowest BCUT2D eigenvalue weighted by Gasteiger charge is -2.27. The summed E-state index contributed by atoms with van der Waals surface area (Å²) in [6, 6.07) is 8.75. The van der Waals surface area contributed by atoms with Gasteiger partial charge in [-0.05, 0) is 61.3 Å². The van der Waals surface area contributed by atoms with Crippen LogP contribution in [0.3, 0.4) is 0 Å². The Morgan fingerprint density at radius 2 is 1.95 bits per heavy atom. The zero-order chi connectivity index (χ0) is 13.9. The van der Waals surface area contributed by atoms with Crippen LogP contribution < -0.4 is 10.1 Å². The molecule has 1 N–H and O–H groups in total. The predicted octanol–water partition coefficient (Wildman–Crippen LogP) is 4.23. The zero-order valence-electron chi connectivity index (χ0n) is 12.2. The number of fused-ring (bicyclic) bond motifs is 1. The fraction of sp³-hybridized carbons (Fsp3) is 0.471. The van der Waals surface area contributed by atoms with Crippen molar-refractivity contribution >= 4 is 16.6 Å². The van der Waals surface area contributed by atoms with Gasteiger partial charge in [0, 0.05) is 17.6 Å². The predicted molar refractivity (Wildman–Crippen MR) is 83.3 cm³/mol. The molecule has 3 rings (SSSR count). The van der Waals surface area contributed by atoms with E-state index in [9.17, 15) is 0 Å². The van der Waals surface area contributed by atoms with Gasteiger partial charge in [-0.2, -0.15) is 0 Å². The number of nitrogens with one attached hydrogen (secondary N) is 1. The number of hydrogen-bond donors (Lipinski definition) is 1. The number of methoxy groups -OCH3 is 1. The fourth-order valence-electron chi connectivity index (χ4n) is 3.00. The molecule has 1 fully saturated rings. The molecule has 1 aromatic carbocycles. The molecule has 0 radical (unpaired) electrons. The van der Waals surface area contributed by atoms with E-state index in [0.717, 1.165) is 17.5 Å². The van der Waals surface area contributed by atoms with Crippen LogP contribution in [0.5, 0.6) is 5.75 Å². The van der Waals surface area contributed by atoms with Crippen LogP contribution in [0.25, 0.3) is 10.8 Å². The molecule has 0 saturated heterocycles. The summed E-state index contributed by atoms with van der Waals surface area (Å²) in [6.07, 6.45) is 6.99. The largest absolute Gasteiger partial charge is 0.497 e.